The van der Waals surface area contributed by atoms with Crippen molar-refractivity contribution in [1.82, 2.24) is 15.1 Å². The zero-order valence-corrected chi connectivity index (χ0v) is 12.6. The summed E-state index contributed by atoms with van der Waals surface area (Å²) in [6.45, 7) is 6.35. The molecular formula is C15H18ClN3O. The van der Waals surface area contributed by atoms with Gasteiger partial charge in [-0.3, -0.25) is 4.79 Å². The van der Waals surface area contributed by atoms with Crippen molar-refractivity contribution in [2.24, 2.45) is 0 Å². The number of aryl methyl sites for hydroxylation is 1. The van der Waals surface area contributed by atoms with Crippen LogP contribution >= 0.6 is 11.6 Å². The zero-order chi connectivity index (χ0) is 14.7. The summed E-state index contributed by atoms with van der Waals surface area (Å²) in [4.78, 5) is 12.0. The number of halogens is 1. The maximum absolute atomic E-state index is 12.0. The van der Waals surface area contributed by atoms with Crippen LogP contribution in [0.15, 0.2) is 35.1 Å². The number of hydrogen-bond donors (Lipinski definition) is 1. The quantitative estimate of drug-likeness (QED) is 0.942. The van der Waals surface area contributed by atoms with Gasteiger partial charge in [0.25, 0.3) is 0 Å². The lowest BCUT2D eigenvalue weighted by molar-refractivity contribution is 0.568. The van der Waals surface area contributed by atoms with Crippen LogP contribution < -0.4 is 10.7 Å². The SMILES string of the molecule is Cc1cc(=O)c(CNC(C)C)nn1-c1ccccc1Cl. The Kier molecular flexibility index (Phi) is 4.57. The van der Waals surface area contributed by atoms with E-state index in [-0.39, 0.29) is 5.43 Å². The van der Waals surface area contributed by atoms with Crippen LogP contribution in [0.3, 0.4) is 0 Å². The standard InChI is InChI=1S/C15H18ClN3O/c1-10(2)17-9-13-15(20)8-11(3)19(18-13)14-7-5-4-6-12(14)16/h4-8,10,17H,9H2,1-3H3. The topological polar surface area (TPSA) is 46.9 Å². The van der Waals surface area contributed by atoms with Gasteiger partial charge in [-0.1, -0.05) is 37.6 Å². The van der Waals surface area contributed by atoms with Gasteiger partial charge >= 0.3 is 0 Å². The molecule has 0 amide bonds. The monoisotopic (exact) mass is 291 g/mol. The van der Waals surface area contributed by atoms with Gasteiger partial charge < -0.3 is 5.32 Å². The van der Waals surface area contributed by atoms with Crippen molar-refractivity contribution in [1.29, 1.82) is 0 Å². The molecule has 1 N–H and O–H groups in total. The molecule has 0 saturated carbocycles. The number of nitrogens with zero attached hydrogens (tertiary/aromatic N) is 2. The highest BCUT2D eigenvalue weighted by Gasteiger charge is 2.10. The maximum atomic E-state index is 12.0. The molecule has 20 heavy (non-hydrogen) atoms. The molecule has 0 bridgehead atoms. The Morgan fingerprint density at radius 3 is 2.70 bits per heavy atom. The first-order chi connectivity index (χ1) is 9.49. The third-order valence-corrected chi connectivity index (χ3v) is 3.26. The number of hydrogen-bond acceptors (Lipinski definition) is 3. The fraction of sp³-hybridized carbons (Fsp3) is 0.333. The van der Waals surface area contributed by atoms with Gasteiger partial charge in [-0.05, 0) is 19.1 Å². The first-order valence-corrected chi connectivity index (χ1v) is 6.95. The van der Waals surface area contributed by atoms with Crippen molar-refractivity contribution in [3.8, 4) is 5.69 Å². The first-order valence-electron chi connectivity index (χ1n) is 6.57. The molecule has 2 aromatic rings. The molecule has 0 aliphatic carbocycles. The van der Waals surface area contributed by atoms with E-state index in [9.17, 15) is 4.79 Å². The summed E-state index contributed by atoms with van der Waals surface area (Å²) in [5.74, 6) is 0. The average Bonchev–Trinajstić information content (AvgIpc) is 2.39. The Labute approximate surface area is 123 Å². The van der Waals surface area contributed by atoms with Gasteiger partial charge in [-0.25, -0.2) is 4.68 Å². The molecule has 0 saturated heterocycles. The maximum Gasteiger partial charge on any atom is 0.204 e. The minimum atomic E-state index is -0.0565. The van der Waals surface area contributed by atoms with Gasteiger partial charge in [-0.2, -0.15) is 5.10 Å². The van der Waals surface area contributed by atoms with Crippen LogP contribution in [0, 0.1) is 6.92 Å². The van der Waals surface area contributed by atoms with Gasteiger partial charge in [-0.15, -0.1) is 0 Å². The lowest BCUT2D eigenvalue weighted by Gasteiger charge is -2.13. The fourth-order valence-corrected chi connectivity index (χ4v) is 2.09. The van der Waals surface area contributed by atoms with Crippen LogP contribution in [0.5, 0.6) is 0 Å². The smallest absolute Gasteiger partial charge is 0.204 e. The predicted octanol–water partition coefficient (Wildman–Crippen LogP) is 2.69. The van der Waals surface area contributed by atoms with E-state index < -0.39 is 0 Å². The second-order valence-electron chi connectivity index (χ2n) is 5.00. The molecule has 0 spiro atoms. The van der Waals surface area contributed by atoms with Gasteiger partial charge in [0, 0.05) is 24.3 Å². The normalized spacial score (nSPS) is 11.1. The summed E-state index contributed by atoms with van der Waals surface area (Å²) < 4.78 is 1.71. The molecule has 0 aliphatic rings. The third kappa shape index (κ3) is 3.26. The molecule has 4 nitrogen and oxygen atoms in total. The van der Waals surface area contributed by atoms with Crippen molar-refractivity contribution in [2.75, 3.05) is 0 Å². The number of nitrogens with one attached hydrogen (secondary N) is 1. The third-order valence-electron chi connectivity index (χ3n) is 2.94. The lowest BCUT2D eigenvalue weighted by atomic mass is 10.2. The Balaban J connectivity index is 2.46. The molecule has 1 aromatic carbocycles. The summed E-state index contributed by atoms with van der Waals surface area (Å²) in [5, 5.41) is 8.24. The first kappa shape index (κ1) is 14.8. The molecular weight excluding hydrogens is 274 g/mol. The summed E-state index contributed by atoms with van der Waals surface area (Å²) >= 11 is 6.20. The predicted molar refractivity (Wildman–Crippen MR) is 81.6 cm³/mol. The number of para-hydroxylation sites is 1. The summed E-state index contributed by atoms with van der Waals surface area (Å²) in [5.41, 5.74) is 1.97. The molecule has 0 atom stereocenters. The molecule has 2 rings (SSSR count). The van der Waals surface area contributed by atoms with Crippen LogP contribution in [-0.4, -0.2) is 15.8 Å². The van der Waals surface area contributed by atoms with E-state index in [1.54, 1.807) is 10.7 Å². The number of aromatic nitrogens is 2. The van der Waals surface area contributed by atoms with Crippen LogP contribution in [-0.2, 0) is 6.54 Å². The van der Waals surface area contributed by atoms with Crippen LogP contribution in [0.1, 0.15) is 25.2 Å². The molecule has 0 fully saturated rings. The van der Waals surface area contributed by atoms with Crippen LogP contribution in [0.4, 0.5) is 0 Å². The minimum absolute atomic E-state index is 0.0565. The van der Waals surface area contributed by atoms with Gasteiger partial charge in [0.2, 0.25) is 5.43 Å². The van der Waals surface area contributed by atoms with Gasteiger partial charge in [0.05, 0.1) is 10.7 Å². The van der Waals surface area contributed by atoms with Crippen LogP contribution in [0.2, 0.25) is 5.02 Å². The van der Waals surface area contributed by atoms with Crippen molar-refractivity contribution in [3.63, 3.8) is 0 Å². The molecule has 5 heteroatoms. The minimum Gasteiger partial charge on any atom is -0.309 e. The van der Waals surface area contributed by atoms with Crippen LogP contribution in [0.25, 0.3) is 5.69 Å². The highest BCUT2D eigenvalue weighted by molar-refractivity contribution is 6.32. The molecule has 0 aliphatic heterocycles. The Bertz CT molecular complexity index is 664. The van der Waals surface area contributed by atoms with Crippen molar-refractivity contribution in [2.45, 2.75) is 33.4 Å². The Morgan fingerprint density at radius 2 is 2.05 bits per heavy atom. The summed E-state index contributed by atoms with van der Waals surface area (Å²) in [6.07, 6.45) is 0. The van der Waals surface area contributed by atoms with E-state index in [0.29, 0.717) is 23.3 Å². The highest BCUT2D eigenvalue weighted by atomic mass is 35.5. The van der Waals surface area contributed by atoms with Crippen molar-refractivity contribution < 1.29 is 0 Å². The van der Waals surface area contributed by atoms with Crippen molar-refractivity contribution >= 4 is 11.6 Å². The average molecular weight is 292 g/mol. The fourth-order valence-electron chi connectivity index (χ4n) is 1.87. The van der Waals surface area contributed by atoms with Gasteiger partial charge in [0.15, 0.2) is 0 Å². The molecule has 1 aromatic heterocycles. The molecule has 106 valence electrons. The second kappa shape index (κ2) is 6.20. The van der Waals surface area contributed by atoms with Crippen molar-refractivity contribution in [3.05, 3.63) is 57.0 Å². The van der Waals surface area contributed by atoms with E-state index in [1.165, 1.54) is 0 Å². The number of benzene rings is 1. The Morgan fingerprint density at radius 1 is 1.35 bits per heavy atom. The summed E-state index contributed by atoms with van der Waals surface area (Å²) in [7, 11) is 0. The second-order valence-corrected chi connectivity index (χ2v) is 5.40. The molecule has 0 unspecified atom stereocenters. The van der Waals surface area contributed by atoms with E-state index in [2.05, 4.69) is 10.4 Å². The Hall–Kier alpha value is -1.65. The zero-order valence-electron chi connectivity index (χ0n) is 11.9. The lowest BCUT2D eigenvalue weighted by Crippen LogP contribution is -2.28. The van der Waals surface area contributed by atoms with E-state index in [4.69, 9.17) is 11.6 Å². The largest absolute Gasteiger partial charge is 0.309 e. The van der Waals surface area contributed by atoms with E-state index >= 15 is 0 Å². The van der Waals surface area contributed by atoms with Gasteiger partial charge in [0.1, 0.15) is 5.69 Å². The summed E-state index contributed by atoms with van der Waals surface area (Å²) in [6, 6.07) is 9.34. The highest BCUT2D eigenvalue weighted by Crippen LogP contribution is 2.19. The van der Waals surface area contributed by atoms with E-state index in [0.717, 1.165) is 11.4 Å². The molecule has 0 radical (unpaired) electrons. The number of rotatable bonds is 4. The van der Waals surface area contributed by atoms with E-state index in [1.807, 2.05) is 45.0 Å². The molecule has 1 heterocycles.